The number of nitro benzene ring substituents is 1. The molecule has 25 heavy (non-hydrogen) atoms. The molecule has 7 heteroatoms. The van der Waals surface area contributed by atoms with Crippen molar-refractivity contribution in [3.05, 3.63) is 57.6 Å². The second-order valence-corrected chi connectivity index (χ2v) is 5.74. The van der Waals surface area contributed by atoms with Crippen LogP contribution in [0.5, 0.6) is 5.75 Å². The number of hydrogen-bond acceptors (Lipinski definition) is 5. The maximum atomic E-state index is 12.5. The van der Waals surface area contributed by atoms with Crippen molar-refractivity contribution in [3.8, 4) is 5.75 Å². The quantitative estimate of drug-likeness (QED) is 0.617. The molecule has 0 radical (unpaired) electrons. The lowest BCUT2D eigenvalue weighted by atomic mass is 10.1. The van der Waals surface area contributed by atoms with Crippen LogP contribution in [0.15, 0.2) is 36.4 Å². The lowest BCUT2D eigenvalue weighted by molar-refractivity contribution is -0.384. The summed E-state index contributed by atoms with van der Waals surface area (Å²) in [6, 6.07) is 9.34. The van der Waals surface area contributed by atoms with Gasteiger partial charge in [0.15, 0.2) is 0 Å². The molecule has 132 valence electrons. The second-order valence-electron chi connectivity index (χ2n) is 5.74. The molecule has 7 nitrogen and oxygen atoms in total. The Bertz CT molecular complexity index is 805. The third kappa shape index (κ3) is 4.26. The number of hydrogen-bond donors (Lipinski definition) is 2. The summed E-state index contributed by atoms with van der Waals surface area (Å²) in [5.74, 6) is 0.0394. The van der Waals surface area contributed by atoms with Crippen LogP contribution in [0.25, 0.3) is 0 Å². The van der Waals surface area contributed by atoms with E-state index in [-0.39, 0.29) is 17.3 Å². The van der Waals surface area contributed by atoms with E-state index >= 15 is 0 Å². The highest BCUT2D eigenvalue weighted by Crippen LogP contribution is 2.29. The molecule has 0 fully saturated rings. The summed E-state index contributed by atoms with van der Waals surface area (Å²) in [6.45, 7) is 5.70. The molecule has 1 unspecified atom stereocenters. The van der Waals surface area contributed by atoms with Gasteiger partial charge in [0.2, 0.25) is 5.91 Å². The zero-order valence-electron chi connectivity index (χ0n) is 14.6. The molecule has 0 aliphatic rings. The molecular formula is C18H21N3O4. The summed E-state index contributed by atoms with van der Waals surface area (Å²) in [4.78, 5) is 22.9. The van der Waals surface area contributed by atoms with E-state index in [0.717, 1.165) is 16.8 Å². The Kier molecular flexibility index (Phi) is 5.59. The molecular weight excluding hydrogens is 322 g/mol. The minimum atomic E-state index is -0.538. The van der Waals surface area contributed by atoms with Crippen LogP contribution in [0.3, 0.4) is 0 Å². The summed E-state index contributed by atoms with van der Waals surface area (Å²) < 4.78 is 5.16. The van der Waals surface area contributed by atoms with Gasteiger partial charge in [0.1, 0.15) is 11.8 Å². The number of methoxy groups -OCH3 is 1. The molecule has 1 atom stereocenters. The highest BCUT2D eigenvalue weighted by molar-refractivity contribution is 5.97. The van der Waals surface area contributed by atoms with Gasteiger partial charge in [-0.1, -0.05) is 12.1 Å². The second kappa shape index (κ2) is 7.65. The first kappa shape index (κ1) is 18.3. The number of carbonyl (C=O) groups excluding carboxylic acids is 1. The molecule has 0 aromatic heterocycles. The molecule has 0 saturated heterocycles. The standard InChI is InChI=1S/C18H21N3O4/c1-11-6-5-7-15(12(11)2)19-13(3)18(22)20-16-10-14(21(23)24)8-9-17(16)25-4/h5-10,13,19H,1-4H3,(H,20,22). The Labute approximate surface area is 146 Å². The van der Waals surface area contributed by atoms with Crippen molar-refractivity contribution in [1.29, 1.82) is 0 Å². The number of carbonyl (C=O) groups is 1. The van der Waals surface area contributed by atoms with Crippen LogP contribution in [0.1, 0.15) is 18.1 Å². The Balaban J connectivity index is 2.17. The maximum absolute atomic E-state index is 12.5. The number of aryl methyl sites for hydroxylation is 1. The fraction of sp³-hybridized carbons (Fsp3) is 0.278. The van der Waals surface area contributed by atoms with Crippen LogP contribution in [-0.4, -0.2) is 24.0 Å². The largest absolute Gasteiger partial charge is 0.495 e. The van der Waals surface area contributed by atoms with E-state index < -0.39 is 11.0 Å². The first-order valence-corrected chi connectivity index (χ1v) is 7.79. The molecule has 0 heterocycles. The van der Waals surface area contributed by atoms with Crippen LogP contribution in [0.2, 0.25) is 0 Å². The SMILES string of the molecule is COc1ccc([N+](=O)[O-])cc1NC(=O)C(C)Nc1cccc(C)c1C. The van der Waals surface area contributed by atoms with Gasteiger partial charge in [-0.3, -0.25) is 14.9 Å². The van der Waals surface area contributed by atoms with Crippen molar-refractivity contribution in [1.82, 2.24) is 0 Å². The number of nitrogens with one attached hydrogen (secondary N) is 2. The Morgan fingerprint density at radius 2 is 1.92 bits per heavy atom. The van der Waals surface area contributed by atoms with Gasteiger partial charge in [0, 0.05) is 17.8 Å². The molecule has 0 bridgehead atoms. The topological polar surface area (TPSA) is 93.5 Å². The van der Waals surface area contributed by atoms with Gasteiger partial charge in [-0.25, -0.2) is 0 Å². The number of amides is 1. The smallest absolute Gasteiger partial charge is 0.271 e. The fourth-order valence-electron chi connectivity index (χ4n) is 2.35. The van der Waals surface area contributed by atoms with Crippen LogP contribution in [0, 0.1) is 24.0 Å². The van der Waals surface area contributed by atoms with Crippen molar-refractivity contribution >= 4 is 23.0 Å². The van der Waals surface area contributed by atoms with Crippen LogP contribution in [0.4, 0.5) is 17.1 Å². The van der Waals surface area contributed by atoms with E-state index in [2.05, 4.69) is 10.6 Å². The number of benzene rings is 2. The van der Waals surface area contributed by atoms with E-state index in [1.54, 1.807) is 6.92 Å². The Hall–Kier alpha value is -3.09. The van der Waals surface area contributed by atoms with E-state index in [9.17, 15) is 14.9 Å². The average Bonchev–Trinajstić information content (AvgIpc) is 2.58. The Morgan fingerprint density at radius 3 is 2.56 bits per heavy atom. The predicted molar refractivity (Wildman–Crippen MR) is 97.3 cm³/mol. The van der Waals surface area contributed by atoms with E-state index in [1.807, 2.05) is 32.0 Å². The summed E-state index contributed by atoms with van der Waals surface area (Å²) in [5, 5.41) is 16.8. The van der Waals surface area contributed by atoms with Gasteiger partial charge < -0.3 is 15.4 Å². The third-order valence-corrected chi connectivity index (χ3v) is 4.02. The van der Waals surface area contributed by atoms with Gasteiger partial charge in [-0.2, -0.15) is 0 Å². The third-order valence-electron chi connectivity index (χ3n) is 4.02. The lowest BCUT2D eigenvalue weighted by Crippen LogP contribution is -2.32. The number of nitrogens with zero attached hydrogens (tertiary/aromatic N) is 1. The number of non-ortho nitro benzene ring substituents is 1. The zero-order valence-corrected chi connectivity index (χ0v) is 14.6. The van der Waals surface area contributed by atoms with Gasteiger partial charge in [0.05, 0.1) is 17.7 Å². The number of nitro groups is 1. The normalized spacial score (nSPS) is 11.5. The number of ether oxygens (including phenoxy) is 1. The molecule has 0 aliphatic heterocycles. The molecule has 0 aliphatic carbocycles. The summed E-state index contributed by atoms with van der Waals surface area (Å²) in [6.07, 6.45) is 0. The maximum Gasteiger partial charge on any atom is 0.271 e. The molecule has 2 rings (SSSR count). The van der Waals surface area contributed by atoms with E-state index in [4.69, 9.17) is 4.74 Å². The van der Waals surface area contributed by atoms with E-state index in [1.165, 1.54) is 25.3 Å². The highest BCUT2D eigenvalue weighted by atomic mass is 16.6. The zero-order chi connectivity index (χ0) is 18.6. The minimum Gasteiger partial charge on any atom is -0.495 e. The monoisotopic (exact) mass is 343 g/mol. The van der Waals surface area contributed by atoms with E-state index in [0.29, 0.717) is 5.75 Å². The van der Waals surface area contributed by atoms with Crippen LogP contribution >= 0.6 is 0 Å². The number of rotatable bonds is 6. The van der Waals surface area contributed by atoms with Gasteiger partial charge in [0.25, 0.3) is 5.69 Å². The molecule has 0 saturated carbocycles. The molecule has 2 aromatic rings. The van der Waals surface area contributed by atoms with Crippen molar-refractivity contribution in [2.45, 2.75) is 26.8 Å². The molecule has 2 N–H and O–H groups in total. The van der Waals surface area contributed by atoms with Crippen molar-refractivity contribution in [3.63, 3.8) is 0 Å². The van der Waals surface area contributed by atoms with Crippen LogP contribution < -0.4 is 15.4 Å². The van der Waals surface area contributed by atoms with Crippen molar-refractivity contribution < 1.29 is 14.5 Å². The number of anilines is 2. The first-order valence-electron chi connectivity index (χ1n) is 7.79. The minimum absolute atomic E-state index is 0.119. The average molecular weight is 343 g/mol. The van der Waals surface area contributed by atoms with Gasteiger partial charge in [-0.05, 0) is 44.0 Å². The fourth-order valence-corrected chi connectivity index (χ4v) is 2.35. The summed E-state index contributed by atoms with van der Waals surface area (Å²) in [7, 11) is 1.44. The van der Waals surface area contributed by atoms with Crippen molar-refractivity contribution in [2.24, 2.45) is 0 Å². The molecule has 0 spiro atoms. The molecule has 2 aromatic carbocycles. The summed E-state index contributed by atoms with van der Waals surface area (Å²) in [5.41, 5.74) is 3.20. The van der Waals surface area contributed by atoms with Crippen LogP contribution in [-0.2, 0) is 4.79 Å². The summed E-state index contributed by atoms with van der Waals surface area (Å²) >= 11 is 0. The molecule has 1 amide bonds. The van der Waals surface area contributed by atoms with Gasteiger partial charge in [-0.15, -0.1) is 0 Å². The predicted octanol–water partition coefficient (Wildman–Crippen LogP) is 3.66. The first-order chi connectivity index (χ1) is 11.8. The Morgan fingerprint density at radius 1 is 1.20 bits per heavy atom. The lowest BCUT2D eigenvalue weighted by Gasteiger charge is -2.18. The van der Waals surface area contributed by atoms with Crippen molar-refractivity contribution in [2.75, 3.05) is 17.7 Å². The van der Waals surface area contributed by atoms with Gasteiger partial charge >= 0.3 is 0 Å². The highest BCUT2D eigenvalue weighted by Gasteiger charge is 2.18.